The zero-order valence-electron chi connectivity index (χ0n) is 14.2. The number of halogens is 2. The van der Waals surface area contributed by atoms with E-state index in [9.17, 15) is 14.0 Å². The average molecular weight is 405 g/mol. The van der Waals surface area contributed by atoms with E-state index in [0.29, 0.717) is 21.3 Å². The molecule has 0 aliphatic rings. The smallest absolute Gasteiger partial charge is 0.358 e. The Hall–Kier alpha value is -2.77. The molecule has 0 spiro atoms. The number of aryl methyl sites for hydroxylation is 1. The first-order valence-electron chi connectivity index (χ1n) is 7.87. The zero-order valence-corrected chi connectivity index (χ0v) is 15.7. The minimum atomic E-state index is -0.711. The molecule has 1 aromatic heterocycles. The Bertz CT molecular complexity index is 989. The van der Waals surface area contributed by atoms with Crippen LogP contribution < -0.4 is 5.32 Å². The molecule has 0 saturated heterocycles. The molecule has 0 aliphatic carbocycles. The molecule has 1 N–H and O–H groups in total. The Balaban J connectivity index is 1.58. The van der Waals surface area contributed by atoms with E-state index in [1.165, 1.54) is 28.8 Å². The average Bonchev–Trinajstić information content (AvgIpc) is 3.13. The summed E-state index contributed by atoms with van der Waals surface area (Å²) in [6.07, 6.45) is 0. The summed E-state index contributed by atoms with van der Waals surface area (Å²) >= 11 is 7.13. The topological polar surface area (TPSA) is 68.3 Å². The van der Waals surface area contributed by atoms with E-state index in [4.69, 9.17) is 16.3 Å². The first kappa shape index (κ1) is 19.0. The van der Waals surface area contributed by atoms with Gasteiger partial charge in [0.1, 0.15) is 10.8 Å². The van der Waals surface area contributed by atoms with Crippen LogP contribution in [0.5, 0.6) is 0 Å². The monoisotopic (exact) mass is 404 g/mol. The van der Waals surface area contributed by atoms with Gasteiger partial charge in [0.25, 0.3) is 5.91 Å². The lowest BCUT2D eigenvalue weighted by atomic mass is 10.2. The fourth-order valence-electron chi connectivity index (χ4n) is 2.21. The number of aromatic nitrogens is 1. The molecule has 0 unspecified atom stereocenters. The van der Waals surface area contributed by atoms with Crippen LogP contribution in [-0.4, -0.2) is 23.5 Å². The molecule has 1 amide bonds. The van der Waals surface area contributed by atoms with Crippen LogP contribution in [0, 0.1) is 12.7 Å². The third kappa shape index (κ3) is 4.90. The van der Waals surface area contributed by atoms with Crippen molar-refractivity contribution in [2.45, 2.75) is 6.92 Å². The second-order valence-corrected chi connectivity index (χ2v) is 6.92. The Morgan fingerprint density at radius 1 is 1.22 bits per heavy atom. The number of carbonyl (C=O) groups is 2. The highest BCUT2D eigenvalue weighted by Crippen LogP contribution is 2.24. The summed E-state index contributed by atoms with van der Waals surface area (Å²) in [6, 6.07) is 10.9. The molecule has 138 valence electrons. The quantitative estimate of drug-likeness (QED) is 0.625. The largest absolute Gasteiger partial charge is 0.451 e. The molecule has 0 radical (unpaired) electrons. The fourth-order valence-corrected chi connectivity index (χ4v) is 3.18. The predicted octanol–water partition coefficient (Wildman–Crippen LogP) is 4.71. The van der Waals surface area contributed by atoms with Gasteiger partial charge in [-0.1, -0.05) is 17.7 Å². The summed E-state index contributed by atoms with van der Waals surface area (Å²) in [7, 11) is 0. The summed E-state index contributed by atoms with van der Waals surface area (Å²) in [5.74, 6) is -1.55. The van der Waals surface area contributed by atoms with Crippen molar-refractivity contribution in [3.8, 4) is 10.6 Å². The molecule has 0 fully saturated rings. The van der Waals surface area contributed by atoms with Gasteiger partial charge in [0, 0.05) is 21.7 Å². The van der Waals surface area contributed by atoms with Gasteiger partial charge in [-0.2, -0.15) is 0 Å². The first-order chi connectivity index (χ1) is 12.9. The number of nitrogens with zero attached hydrogens (tertiary/aromatic N) is 1. The zero-order chi connectivity index (χ0) is 19.4. The summed E-state index contributed by atoms with van der Waals surface area (Å²) in [5.41, 5.74) is 2.17. The lowest BCUT2D eigenvalue weighted by molar-refractivity contribution is -0.119. The number of thiazole rings is 1. The number of esters is 1. The molecule has 1 heterocycles. The number of benzene rings is 2. The van der Waals surface area contributed by atoms with Crippen molar-refractivity contribution in [3.63, 3.8) is 0 Å². The van der Waals surface area contributed by atoms with Crippen LogP contribution in [0.1, 0.15) is 16.1 Å². The van der Waals surface area contributed by atoms with Crippen molar-refractivity contribution in [1.82, 2.24) is 4.98 Å². The minimum Gasteiger partial charge on any atom is -0.451 e. The minimum absolute atomic E-state index is 0.0889. The van der Waals surface area contributed by atoms with Gasteiger partial charge >= 0.3 is 5.97 Å². The maximum atomic E-state index is 13.0. The van der Waals surface area contributed by atoms with Crippen molar-refractivity contribution in [1.29, 1.82) is 0 Å². The number of rotatable bonds is 5. The Kier molecular flexibility index (Phi) is 5.83. The van der Waals surface area contributed by atoms with Gasteiger partial charge in [-0.25, -0.2) is 14.2 Å². The summed E-state index contributed by atoms with van der Waals surface area (Å²) in [4.78, 5) is 28.2. The maximum absolute atomic E-state index is 13.0. The summed E-state index contributed by atoms with van der Waals surface area (Å²) in [6.45, 7) is 1.37. The van der Waals surface area contributed by atoms with Gasteiger partial charge < -0.3 is 10.1 Å². The fraction of sp³-hybridized carbons (Fsp3) is 0.105. The Morgan fingerprint density at radius 2 is 1.96 bits per heavy atom. The van der Waals surface area contributed by atoms with E-state index in [1.807, 2.05) is 6.92 Å². The Morgan fingerprint density at radius 3 is 2.70 bits per heavy atom. The lowest BCUT2D eigenvalue weighted by Gasteiger charge is -2.09. The molecule has 0 aliphatic heterocycles. The van der Waals surface area contributed by atoms with Crippen molar-refractivity contribution in [3.05, 3.63) is 69.9 Å². The van der Waals surface area contributed by atoms with Crippen LogP contribution in [0.15, 0.2) is 47.8 Å². The Labute approximate surface area is 163 Å². The van der Waals surface area contributed by atoms with Gasteiger partial charge in [-0.05, 0) is 48.9 Å². The van der Waals surface area contributed by atoms with Crippen LogP contribution in [0.2, 0.25) is 5.02 Å². The normalized spacial score (nSPS) is 10.5. The molecule has 0 atom stereocenters. The predicted molar refractivity (Wildman–Crippen MR) is 103 cm³/mol. The standard InChI is InChI=1S/C19H14ClFN2O3S/c1-11-2-5-13(20)8-15(11)22-17(24)9-26-19(25)16-10-27-18(23-16)12-3-6-14(21)7-4-12/h2-8,10H,9H2,1H3,(H,22,24). The first-order valence-corrected chi connectivity index (χ1v) is 9.13. The van der Waals surface area contributed by atoms with Crippen molar-refractivity contribution < 1.29 is 18.7 Å². The van der Waals surface area contributed by atoms with Crippen LogP contribution in [0.3, 0.4) is 0 Å². The lowest BCUT2D eigenvalue weighted by Crippen LogP contribution is -2.21. The van der Waals surface area contributed by atoms with E-state index in [2.05, 4.69) is 10.3 Å². The van der Waals surface area contributed by atoms with Crippen LogP contribution in [0.25, 0.3) is 10.6 Å². The molecular formula is C19H14ClFN2O3S. The van der Waals surface area contributed by atoms with Gasteiger partial charge in [0.2, 0.25) is 0 Å². The maximum Gasteiger partial charge on any atom is 0.358 e. The molecule has 3 aromatic rings. The number of ether oxygens (including phenoxy) is 1. The van der Waals surface area contributed by atoms with E-state index < -0.39 is 18.5 Å². The molecule has 8 heteroatoms. The van der Waals surface area contributed by atoms with Gasteiger partial charge in [-0.15, -0.1) is 11.3 Å². The van der Waals surface area contributed by atoms with Gasteiger partial charge in [-0.3, -0.25) is 4.79 Å². The van der Waals surface area contributed by atoms with E-state index in [0.717, 1.165) is 5.56 Å². The van der Waals surface area contributed by atoms with Crippen LogP contribution >= 0.6 is 22.9 Å². The second kappa shape index (κ2) is 8.28. The summed E-state index contributed by atoms with van der Waals surface area (Å²) < 4.78 is 18.0. The highest BCUT2D eigenvalue weighted by molar-refractivity contribution is 7.13. The van der Waals surface area contributed by atoms with Crippen molar-refractivity contribution in [2.75, 3.05) is 11.9 Å². The van der Waals surface area contributed by atoms with E-state index >= 15 is 0 Å². The van der Waals surface area contributed by atoms with Crippen LogP contribution in [0.4, 0.5) is 10.1 Å². The number of nitrogens with one attached hydrogen (secondary N) is 1. The van der Waals surface area contributed by atoms with Crippen LogP contribution in [-0.2, 0) is 9.53 Å². The molecule has 0 bridgehead atoms. The molecule has 3 rings (SSSR count). The third-order valence-corrected chi connectivity index (χ3v) is 4.74. The highest BCUT2D eigenvalue weighted by Gasteiger charge is 2.15. The molecular weight excluding hydrogens is 391 g/mol. The molecule has 2 aromatic carbocycles. The van der Waals surface area contributed by atoms with Crippen molar-refractivity contribution >= 4 is 40.5 Å². The van der Waals surface area contributed by atoms with E-state index in [1.54, 1.807) is 30.3 Å². The third-order valence-electron chi connectivity index (χ3n) is 3.61. The van der Waals surface area contributed by atoms with Gasteiger partial charge in [0.15, 0.2) is 12.3 Å². The SMILES string of the molecule is Cc1ccc(Cl)cc1NC(=O)COC(=O)c1csc(-c2ccc(F)cc2)n1. The second-order valence-electron chi connectivity index (χ2n) is 5.63. The number of hydrogen-bond acceptors (Lipinski definition) is 5. The number of amides is 1. The molecule has 5 nitrogen and oxygen atoms in total. The van der Waals surface area contributed by atoms with Gasteiger partial charge in [0.05, 0.1) is 0 Å². The van der Waals surface area contributed by atoms with Crippen molar-refractivity contribution in [2.24, 2.45) is 0 Å². The number of carbonyl (C=O) groups excluding carboxylic acids is 2. The highest BCUT2D eigenvalue weighted by atomic mass is 35.5. The number of hydrogen-bond donors (Lipinski definition) is 1. The molecule has 0 saturated carbocycles. The summed E-state index contributed by atoms with van der Waals surface area (Å²) in [5, 5.41) is 5.21. The molecule has 27 heavy (non-hydrogen) atoms. The van der Waals surface area contributed by atoms with E-state index in [-0.39, 0.29) is 11.5 Å². The number of anilines is 1.